The van der Waals surface area contributed by atoms with Crippen LogP contribution in [0.5, 0.6) is 0 Å². The van der Waals surface area contributed by atoms with Gasteiger partial charge in [-0.05, 0) is 55.1 Å². The van der Waals surface area contributed by atoms with Crippen LogP contribution < -0.4 is 21.1 Å². The predicted molar refractivity (Wildman–Crippen MR) is 136 cm³/mol. The van der Waals surface area contributed by atoms with Gasteiger partial charge in [-0.15, -0.1) is 0 Å². The molecule has 0 atom stereocenters. The van der Waals surface area contributed by atoms with Gasteiger partial charge < -0.3 is 16.4 Å². The lowest BCUT2D eigenvalue weighted by atomic mass is 10.1. The number of nitrogens with zero attached hydrogens (tertiary/aromatic N) is 2. The van der Waals surface area contributed by atoms with Crippen LogP contribution in [-0.2, 0) is 16.6 Å². The molecule has 0 bridgehead atoms. The number of hydrogen-bond acceptors (Lipinski definition) is 7. The Balaban J connectivity index is 1.79. The molecule has 0 saturated heterocycles. The van der Waals surface area contributed by atoms with E-state index in [9.17, 15) is 8.42 Å². The summed E-state index contributed by atoms with van der Waals surface area (Å²) in [6.45, 7) is 0.740. The van der Waals surface area contributed by atoms with Crippen molar-refractivity contribution in [1.82, 2.24) is 9.71 Å². The van der Waals surface area contributed by atoms with Crippen LogP contribution in [0.2, 0.25) is 0 Å². The molecule has 8 nitrogen and oxygen atoms in total. The molecule has 0 spiro atoms. The molecule has 9 heteroatoms. The number of pyridine rings is 1. The van der Waals surface area contributed by atoms with Gasteiger partial charge >= 0.3 is 0 Å². The molecular weight excluding hydrogens is 436 g/mol. The van der Waals surface area contributed by atoms with Crippen molar-refractivity contribution in [3.8, 4) is 0 Å². The first-order chi connectivity index (χ1) is 16.0. The SMILES string of the molecule is CNS(=O)(=O)CCNc1ccc(Nc2ccccc2)cc1C(N)=CC=NCc1cccnc1. The minimum atomic E-state index is -3.31. The van der Waals surface area contributed by atoms with Gasteiger partial charge in [-0.1, -0.05) is 24.3 Å². The van der Waals surface area contributed by atoms with Crippen LogP contribution in [0.1, 0.15) is 11.1 Å². The highest BCUT2D eigenvalue weighted by atomic mass is 32.2. The normalized spacial score (nSPS) is 12.1. The molecule has 0 aliphatic heterocycles. The number of nitrogens with two attached hydrogens (primary N) is 1. The summed E-state index contributed by atoms with van der Waals surface area (Å²) in [6.07, 6.45) is 6.88. The number of aromatic nitrogens is 1. The van der Waals surface area contributed by atoms with E-state index in [0.29, 0.717) is 12.2 Å². The van der Waals surface area contributed by atoms with E-state index in [0.717, 1.165) is 28.2 Å². The van der Waals surface area contributed by atoms with Gasteiger partial charge in [0.2, 0.25) is 10.0 Å². The molecule has 5 N–H and O–H groups in total. The number of sulfonamides is 1. The Hall–Kier alpha value is -3.69. The molecule has 0 fully saturated rings. The quantitative estimate of drug-likeness (QED) is 0.323. The lowest BCUT2D eigenvalue weighted by Gasteiger charge is -2.15. The molecule has 2 aromatic carbocycles. The summed E-state index contributed by atoms with van der Waals surface area (Å²) in [5, 5.41) is 6.52. The Morgan fingerprint density at radius 1 is 1.09 bits per heavy atom. The topological polar surface area (TPSA) is 122 Å². The number of para-hydroxylation sites is 1. The number of benzene rings is 2. The average molecular weight is 465 g/mol. The number of nitrogens with one attached hydrogen (secondary N) is 3. The molecule has 0 aliphatic rings. The largest absolute Gasteiger partial charge is 0.398 e. The minimum Gasteiger partial charge on any atom is -0.398 e. The first-order valence-corrected chi connectivity index (χ1v) is 12.1. The standard InChI is InChI=1S/C24H28N6O2S/c1-26-33(31,32)15-14-29-24-10-9-21(30-20-7-3-2-4-8-20)16-22(24)23(25)11-13-28-18-19-6-5-12-27-17-19/h2-13,16-17,26,29-30H,14-15,18,25H2,1H3. The van der Waals surface area contributed by atoms with Gasteiger partial charge in [0, 0.05) is 53.5 Å². The molecule has 0 radical (unpaired) electrons. The molecule has 1 heterocycles. The second-order valence-corrected chi connectivity index (χ2v) is 9.22. The van der Waals surface area contributed by atoms with E-state index in [1.165, 1.54) is 7.05 Å². The fourth-order valence-electron chi connectivity index (χ4n) is 3.00. The third-order valence-corrected chi connectivity index (χ3v) is 6.11. The number of anilines is 3. The number of aliphatic imine (C=N–C) groups is 1. The number of hydrogen-bond donors (Lipinski definition) is 4. The van der Waals surface area contributed by atoms with Gasteiger partial charge in [0.1, 0.15) is 0 Å². The predicted octanol–water partition coefficient (Wildman–Crippen LogP) is 3.36. The minimum absolute atomic E-state index is 0.0524. The van der Waals surface area contributed by atoms with E-state index in [1.54, 1.807) is 24.7 Å². The van der Waals surface area contributed by atoms with Crippen LogP contribution in [0.3, 0.4) is 0 Å². The lowest BCUT2D eigenvalue weighted by molar-refractivity contribution is 0.588. The van der Waals surface area contributed by atoms with Gasteiger partial charge in [0.15, 0.2) is 0 Å². The van der Waals surface area contributed by atoms with Crippen LogP contribution in [0.15, 0.2) is 84.1 Å². The molecule has 0 aliphatic carbocycles. The van der Waals surface area contributed by atoms with Crippen LogP contribution in [-0.4, -0.2) is 39.0 Å². The van der Waals surface area contributed by atoms with E-state index in [4.69, 9.17) is 5.73 Å². The summed E-state index contributed by atoms with van der Waals surface area (Å²) in [7, 11) is -1.91. The highest BCUT2D eigenvalue weighted by Gasteiger charge is 2.10. The summed E-state index contributed by atoms with van der Waals surface area (Å²) < 4.78 is 25.8. The fourth-order valence-corrected chi connectivity index (χ4v) is 3.57. The van der Waals surface area contributed by atoms with Gasteiger partial charge in [0.05, 0.1) is 12.3 Å². The Morgan fingerprint density at radius 2 is 1.91 bits per heavy atom. The maximum Gasteiger partial charge on any atom is 0.213 e. The van der Waals surface area contributed by atoms with Crippen LogP contribution in [0.4, 0.5) is 17.1 Å². The Labute approximate surface area is 194 Å². The van der Waals surface area contributed by atoms with Crippen LogP contribution >= 0.6 is 0 Å². The Bertz CT molecular complexity index is 1200. The second kappa shape index (κ2) is 11.8. The molecule has 1 aromatic heterocycles. The molecule has 172 valence electrons. The summed E-state index contributed by atoms with van der Waals surface area (Å²) in [6, 6.07) is 19.3. The van der Waals surface area contributed by atoms with Gasteiger partial charge in [-0.25, -0.2) is 13.1 Å². The summed E-state index contributed by atoms with van der Waals surface area (Å²) in [5.41, 5.74) is 11.2. The monoisotopic (exact) mass is 464 g/mol. The fraction of sp³-hybridized carbons (Fsp3) is 0.167. The smallest absolute Gasteiger partial charge is 0.213 e. The third-order valence-electron chi connectivity index (χ3n) is 4.75. The van der Waals surface area contributed by atoms with Crippen molar-refractivity contribution < 1.29 is 8.42 Å². The first-order valence-electron chi connectivity index (χ1n) is 10.4. The van der Waals surface area contributed by atoms with Crippen molar-refractivity contribution in [1.29, 1.82) is 0 Å². The zero-order valence-corrected chi connectivity index (χ0v) is 19.2. The van der Waals surface area contributed by atoms with Gasteiger partial charge in [0.25, 0.3) is 0 Å². The molecule has 3 rings (SSSR count). The second-order valence-electron chi connectivity index (χ2n) is 7.17. The van der Waals surface area contributed by atoms with Crippen LogP contribution in [0.25, 0.3) is 5.70 Å². The van der Waals surface area contributed by atoms with Crippen molar-refractivity contribution in [3.63, 3.8) is 0 Å². The molecule has 33 heavy (non-hydrogen) atoms. The molecule has 0 saturated carbocycles. The maximum absolute atomic E-state index is 11.7. The first kappa shape index (κ1) is 24.0. The van der Waals surface area contributed by atoms with Crippen molar-refractivity contribution in [2.24, 2.45) is 10.7 Å². The van der Waals surface area contributed by atoms with Crippen LogP contribution in [0, 0.1) is 0 Å². The maximum atomic E-state index is 11.7. The lowest BCUT2D eigenvalue weighted by Crippen LogP contribution is -2.26. The average Bonchev–Trinajstić information content (AvgIpc) is 2.83. The Morgan fingerprint density at radius 3 is 2.64 bits per heavy atom. The highest BCUT2D eigenvalue weighted by Crippen LogP contribution is 2.27. The van der Waals surface area contributed by atoms with Crippen molar-refractivity contribution in [3.05, 3.63) is 90.3 Å². The van der Waals surface area contributed by atoms with E-state index in [1.807, 2.05) is 60.7 Å². The van der Waals surface area contributed by atoms with Crippen molar-refractivity contribution >= 4 is 39.0 Å². The highest BCUT2D eigenvalue weighted by molar-refractivity contribution is 7.89. The zero-order chi connectivity index (χ0) is 23.5. The summed E-state index contributed by atoms with van der Waals surface area (Å²) in [4.78, 5) is 8.46. The van der Waals surface area contributed by atoms with E-state index in [-0.39, 0.29) is 12.3 Å². The summed E-state index contributed by atoms with van der Waals surface area (Å²) >= 11 is 0. The number of rotatable bonds is 11. The van der Waals surface area contributed by atoms with E-state index < -0.39 is 10.0 Å². The number of allylic oxidation sites excluding steroid dienone is 1. The van der Waals surface area contributed by atoms with Gasteiger partial charge in [-0.3, -0.25) is 9.98 Å². The third kappa shape index (κ3) is 7.74. The Kier molecular flexibility index (Phi) is 8.56. The zero-order valence-electron chi connectivity index (χ0n) is 18.4. The molecular formula is C24H28N6O2S. The van der Waals surface area contributed by atoms with E-state index in [2.05, 4.69) is 25.3 Å². The molecule has 0 amide bonds. The van der Waals surface area contributed by atoms with Crippen molar-refractivity contribution in [2.75, 3.05) is 30.0 Å². The van der Waals surface area contributed by atoms with E-state index >= 15 is 0 Å². The summed E-state index contributed by atoms with van der Waals surface area (Å²) in [5.74, 6) is -0.0524. The van der Waals surface area contributed by atoms with Crippen molar-refractivity contribution in [2.45, 2.75) is 6.54 Å². The molecule has 3 aromatic rings. The molecule has 0 unspecified atom stereocenters. The van der Waals surface area contributed by atoms with Gasteiger partial charge in [-0.2, -0.15) is 0 Å².